The molecular formula is C18H14F6I3O7S-. The lowest BCUT2D eigenvalue weighted by atomic mass is 9.82. The van der Waals surface area contributed by atoms with E-state index >= 15 is 0 Å². The van der Waals surface area contributed by atoms with E-state index in [1.165, 1.54) is 0 Å². The normalized spacial score (nSPS) is 19.8. The minimum absolute atomic E-state index is 0.0962. The summed E-state index contributed by atoms with van der Waals surface area (Å²) >= 11 is 6.00. The zero-order valence-corrected chi connectivity index (χ0v) is 24.3. The van der Waals surface area contributed by atoms with Gasteiger partial charge in [-0.25, -0.2) is 8.42 Å². The molecule has 0 unspecified atom stereocenters. The number of benzene rings is 1. The van der Waals surface area contributed by atoms with Crippen molar-refractivity contribution in [3.8, 4) is 5.75 Å². The monoisotopic (exact) mass is 869 g/mol. The van der Waals surface area contributed by atoms with E-state index in [1.807, 2.05) is 45.2 Å². The highest BCUT2D eigenvalue weighted by atomic mass is 127. The number of rotatable bonds is 6. The minimum Gasteiger partial charge on any atom is -0.748 e. The number of hydrogen-bond acceptors (Lipinski definition) is 7. The maximum absolute atomic E-state index is 13.3. The van der Waals surface area contributed by atoms with Gasteiger partial charge in [-0.05, 0) is 106 Å². The molecule has 2 rings (SSSR count). The molecule has 17 heteroatoms. The Labute approximate surface area is 236 Å². The molecule has 7 nitrogen and oxygen atoms in total. The number of carbonyl (C=O) groups excluding carboxylic acids is 2. The highest BCUT2D eigenvalue weighted by molar-refractivity contribution is 14.1. The quantitative estimate of drug-likeness (QED) is 0.128. The molecule has 1 aliphatic carbocycles. The summed E-state index contributed by atoms with van der Waals surface area (Å²) in [6.45, 7) is 0. The van der Waals surface area contributed by atoms with Crippen LogP contribution in [-0.4, -0.2) is 48.6 Å². The van der Waals surface area contributed by atoms with Gasteiger partial charge in [-0.3, -0.25) is 9.59 Å². The van der Waals surface area contributed by atoms with Gasteiger partial charge < -0.3 is 14.0 Å². The molecule has 0 aliphatic heterocycles. The molecule has 0 saturated heterocycles. The third-order valence-electron chi connectivity index (χ3n) is 5.13. The smallest absolute Gasteiger partial charge is 0.438 e. The van der Waals surface area contributed by atoms with Crippen LogP contribution in [0.5, 0.6) is 5.75 Å². The second-order valence-corrected chi connectivity index (χ2v) is 12.6. The predicted molar refractivity (Wildman–Crippen MR) is 131 cm³/mol. The van der Waals surface area contributed by atoms with E-state index in [9.17, 15) is 48.9 Å². The van der Waals surface area contributed by atoms with E-state index in [2.05, 4.69) is 27.3 Å². The van der Waals surface area contributed by atoms with Crippen LogP contribution >= 0.6 is 67.8 Å². The number of esters is 2. The molecule has 35 heavy (non-hydrogen) atoms. The van der Waals surface area contributed by atoms with Crippen molar-refractivity contribution in [2.45, 2.75) is 43.6 Å². The number of ether oxygens (including phenoxy) is 2. The fraction of sp³-hybridized carbons (Fsp3) is 0.556. The lowest BCUT2D eigenvalue weighted by Crippen LogP contribution is -2.64. The third-order valence-corrected chi connectivity index (χ3v) is 8.12. The van der Waals surface area contributed by atoms with E-state index in [0.717, 1.165) is 3.57 Å². The van der Waals surface area contributed by atoms with Crippen LogP contribution in [0.25, 0.3) is 0 Å². The first-order valence-electron chi connectivity index (χ1n) is 9.43. The fourth-order valence-corrected chi connectivity index (χ4v) is 8.04. The van der Waals surface area contributed by atoms with Gasteiger partial charge in [0.1, 0.15) is 0 Å². The van der Waals surface area contributed by atoms with Crippen molar-refractivity contribution < 1.29 is 58.4 Å². The molecule has 198 valence electrons. The summed E-state index contributed by atoms with van der Waals surface area (Å²) in [6.07, 6.45) is -13.7. The maximum Gasteiger partial charge on any atom is 0.438 e. The van der Waals surface area contributed by atoms with Gasteiger partial charge in [0, 0.05) is 3.57 Å². The molecule has 0 amide bonds. The Morgan fingerprint density at radius 3 is 1.66 bits per heavy atom. The van der Waals surface area contributed by atoms with E-state index in [4.69, 9.17) is 4.74 Å². The lowest BCUT2D eigenvalue weighted by Gasteiger charge is -2.38. The standard InChI is InChI=1S/C18H15F6I3O7S/c19-17(20,21)16(18(22,23)24,7-35(30,31)32)34-15(29)9-3-1-8(2-4-9)14(28)33-13-11(26)5-10(25)6-12(13)27/h5-6,8-9H,1-4,7H2,(H,30,31,32)/p-1. The Bertz CT molecular complexity index is 1050. The molecule has 1 saturated carbocycles. The van der Waals surface area contributed by atoms with Crippen molar-refractivity contribution in [3.05, 3.63) is 22.8 Å². The van der Waals surface area contributed by atoms with Gasteiger partial charge in [-0.2, -0.15) is 26.3 Å². The van der Waals surface area contributed by atoms with E-state index in [1.54, 1.807) is 12.1 Å². The summed E-state index contributed by atoms with van der Waals surface area (Å²) in [5.74, 6) is -7.63. The number of hydrogen-bond donors (Lipinski definition) is 0. The zero-order valence-electron chi connectivity index (χ0n) is 17.0. The largest absolute Gasteiger partial charge is 0.748 e. The number of alkyl halides is 6. The summed E-state index contributed by atoms with van der Waals surface area (Å²) in [6, 6.07) is 3.52. The summed E-state index contributed by atoms with van der Waals surface area (Å²) < 4.78 is 124. The SMILES string of the molecule is O=C(Oc1c(I)cc(I)cc1I)C1CCC(C(=O)OC(CS(=O)(=O)[O-])(C(F)(F)F)C(F)(F)F)CC1. The van der Waals surface area contributed by atoms with E-state index < -0.39 is 57.6 Å². The van der Waals surface area contributed by atoms with Crippen LogP contribution in [0.2, 0.25) is 0 Å². The van der Waals surface area contributed by atoms with Gasteiger partial charge in [0.15, 0.2) is 5.75 Å². The summed E-state index contributed by atoms with van der Waals surface area (Å²) in [7, 11) is -6.11. The molecule has 1 fully saturated rings. The van der Waals surface area contributed by atoms with Crippen LogP contribution in [0, 0.1) is 22.5 Å². The molecular weight excluding hydrogens is 855 g/mol. The van der Waals surface area contributed by atoms with Crippen molar-refractivity contribution >= 4 is 89.8 Å². The van der Waals surface area contributed by atoms with Crippen molar-refractivity contribution in [1.82, 2.24) is 0 Å². The average molecular weight is 869 g/mol. The molecule has 0 atom stereocenters. The highest BCUT2D eigenvalue weighted by Crippen LogP contribution is 2.47. The summed E-state index contributed by atoms with van der Waals surface area (Å²) in [5.41, 5.74) is -5.51. The number of carbonyl (C=O) groups is 2. The van der Waals surface area contributed by atoms with Crippen LogP contribution in [0.4, 0.5) is 26.3 Å². The van der Waals surface area contributed by atoms with E-state index in [0.29, 0.717) is 12.9 Å². The molecule has 0 aromatic heterocycles. The first-order valence-corrected chi connectivity index (χ1v) is 14.2. The van der Waals surface area contributed by atoms with Gasteiger partial charge in [0.05, 0.1) is 34.8 Å². The van der Waals surface area contributed by atoms with Crippen LogP contribution < -0.4 is 4.74 Å². The topological polar surface area (TPSA) is 110 Å². The molecule has 0 radical (unpaired) electrons. The first-order chi connectivity index (χ1) is 15.8. The number of halogens is 9. The van der Waals surface area contributed by atoms with Crippen molar-refractivity contribution in [3.63, 3.8) is 0 Å². The molecule has 0 N–H and O–H groups in total. The average Bonchev–Trinajstić information content (AvgIpc) is 2.67. The fourth-order valence-electron chi connectivity index (χ4n) is 3.35. The highest BCUT2D eigenvalue weighted by Gasteiger charge is 2.75. The zero-order chi connectivity index (χ0) is 27.0. The second-order valence-electron chi connectivity index (χ2n) is 7.61. The molecule has 0 spiro atoms. The molecule has 1 aromatic rings. The summed E-state index contributed by atoms with van der Waals surface area (Å²) in [5, 5.41) is 0. The Hall–Kier alpha value is -0.160. The molecule has 1 aliphatic rings. The lowest BCUT2D eigenvalue weighted by molar-refractivity contribution is -0.362. The van der Waals surface area contributed by atoms with Gasteiger partial charge in [0.2, 0.25) is 0 Å². The predicted octanol–water partition coefficient (Wildman–Crippen LogP) is 5.16. The first kappa shape index (κ1) is 31.1. The Morgan fingerprint density at radius 1 is 0.886 bits per heavy atom. The Balaban J connectivity index is 2.14. The molecule has 0 bridgehead atoms. The Morgan fingerprint density at radius 2 is 1.29 bits per heavy atom. The van der Waals surface area contributed by atoms with Gasteiger partial charge in [-0.1, -0.05) is 0 Å². The van der Waals surface area contributed by atoms with Crippen LogP contribution in [0.3, 0.4) is 0 Å². The third kappa shape index (κ3) is 7.68. The van der Waals surface area contributed by atoms with Crippen molar-refractivity contribution in [1.29, 1.82) is 0 Å². The van der Waals surface area contributed by atoms with Crippen molar-refractivity contribution in [2.24, 2.45) is 11.8 Å². The van der Waals surface area contributed by atoms with Crippen LogP contribution in [0.1, 0.15) is 25.7 Å². The van der Waals surface area contributed by atoms with Crippen molar-refractivity contribution in [2.75, 3.05) is 5.75 Å². The second kappa shape index (κ2) is 11.3. The van der Waals surface area contributed by atoms with E-state index in [-0.39, 0.29) is 25.7 Å². The van der Waals surface area contributed by atoms with Crippen LogP contribution in [-0.2, 0) is 24.4 Å². The minimum atomic E-state index is -6.43. The Kier molecular flexibility index (Phi) is 10.0. The summed E-state index contributed by atoms with van der Waals surface area (Å²) in [4.78, 5) is 24.8. The maximum atomic E-state index is 13.3. The van der Waals surface area contributed by atoms with Gasteiger partial charge >= 0.3 is 29.9 Å². The van der Waals surface area contributed by atoms with Gasteiger partial charge in [-0.15, -0.1) is 0 Å². The van der Waals surface area contributed by atoms with Gasteiger partial charge in [0.25, 0.3) is 0 Å². The van der Waals surface area contributed by atoms with Crippen LogP contribution in [0.15, 0.2) is 12.1 Å². The molecule has 0 heterocycles. The molecule has 1 aromatic carbocycles.